The molecule has 1 heterocycles. The van der Waals surface area contributed by atoms with Crippen LogP contribution in [-0.2, 0) is 11.2 Å². The molecule has 0 aliphatic heterocycles. The van der Waals surface area contributed by atoms with Crippen LogP contribution in [0, 0.1) is 0 Å². The highest BCUT2D eigenvalue weighted by Crippen LogP contribution is 2.28. The van der Waals surface area contributed by atoms with Crippen LogP contribution in [0.5, 0.6) is 5.75 Å². The molecule has 0 radical (unpaired) electrons. The van der Waals surface area contributed by atoms with Gasteiger partial charge in [0.1, 0.15) is 5.75 Å². The first-order valence-electron chi connectivity index (χ1n) is 5.60. The van der Waals surface area contributed by atoms with E-state index >= 15 is 0 Å². The largest absolute Gasteiger partial charge is 0.506 e. The Labute approximate surface area is 109 Å². The molecule has 1 N–H and O–H groups in total. The number of rotatable bonds is 5. The third-order valence-corrected chi connectivity index (χ3v) is 2.64. The van der Waals surface area contributed by atoms with E-state index in [1.165, 1.54) is 6.07 Å². The van der Waals surface area contributed by atoms with Gasteiger partial charge in [0.25, 0.3) is 5.89 Å². The molecule has 1 aromatic carbocycles. The SMILES string of the molecule is CCOCCc1noc(-c2ccc(O)c(Cl)c2)n1. The maximum Gasteiger partial charge on any atom is 0.257 e. The number of aromatic hydroxyl groups is 1. The molecular formula is C12H13ClN2O3. The van der Waals surface area contributed by atoms with E-state index in [1.54, 1.807) is 12.1 Å². The van der Waals surface area contributed by atoms with Crippen molar-refractivity contribution >= 4 is 11.6 Å². The van der Waals surface area contributed by atoms with Crippen LogP contribution < -0.4 is 0 Å². The van der Waals surface area contributed by atoms with Crippen LogP contribution in [0.2, 0.25) is 5.02 Å². The van der Waals surface area contributed by atoms with Crippen molar-refractivity contribution in [3.05, 3.63) is 29.0 Å². The minimum Gasteiger partial charge on any atom is -0.506 e. The number of phenols is 1. The van der Waals surface area contributed by atoms with Crippen molar-refractivity contribution in [2.24, 2.45) is 0 Å². The van der Waals surface area contributed by atoms with Crippen LogP contribution in [0.3, 0.4) is 0 Å². The molecule has 0 spiro atoms. The second kappa shape index (κ2) is 5.84. The number of benzene rings is 1. The molecule has 0 bridgehead atoms. The lowest BCUT2D eigenvalue weighted by Crippen LogP contribution is -1.99. The maximum absolute atomic E-state index is 9.32. The van der Waals surface area contributed by atoms with Crippen molar-refractivity contribution in [3.63, 3.8) is 0 Å². The molecule has 0 fully saturated rings. The van der Waals surface area contributed by atoms with E-state index < -0.39 is 0 Å². The Bertz CT molecular complexity index is 528. The van der Waals surface area contributed by atoms with E-state index in [-0.39, 0.29) is 10.8 Å². The van der Waals surface area contributed by atoms with E-state index in [9.17, 15) is 5.11 Å². The zero-order valence-corrected chi connectivity index (χ0v) is 10.6. The van der Waals surface area contributed by atoms with E-state index in [2.05, 4.69) is 10.1 Å². The number of aromatic nitrogens is 2. The molecule has 0 amide bonds. The monoisotopic (exact) mass is 268 g/mol. The minimum atomic E-state index is 0.0245. The van der Waals surface area contributed by atoms with Crippen molar-refractivity contribution in [3.8, 4) is 17.2 Å². The first kappa shape index (κ1) is 12.9. The normalized spacial score (nSPS) is 10.8. The lowest BCUT2D eigenvalue weighted by Gasteiger charge is -1.97. The first-order valence-corrected chi connectivity index (χ1v) is 5.97. The van der Waals surface area contributed by atoms with Gasteiger partial charge < -0.3 is 14.4 Å². The van der Waals surface area contributed by atoms with E-state index in [4.69, 9.17) is 20.9 Å². The summed E-state index contributed by atoms with van der Waals surface area (Å²) in [5, 5.41) is 13.4. The second-order valence-electron chi connectivity index (χ2n) is 3.63. The van der Waals surface area contributed by atoms with Gasteiger partial charge in [-0.15, -0.1) is 0 Å². The molecule has 6 heteroatoms. The molecule has 1 aromatic heterocycles. The molecule has 0 aliphatic carbocycles. The number of hydrogen-bond donors (Lipinski definition) is 1. The summed E-state index contributed by atoms with van der Waals surface area (Å²) in [5.41, 5.74) is 0.674. The maximum atomic E-state index is 9.32. The van der Waals surface area contributed by atoms with Crippen LogP contribution in [0.4, 0.5) is 0 Å². The average Bonchev–Trinajstić information content (AvgIpc) is 2.82. The number of nitrogens with zero attached hydrogens (tertiary/aromatic N) is 2. The summed E-state index contributed by atoms with van der Waals surface area (Å²) in [5.74, 6) is 0.988. The Morgan fingerprint density at radius 3 is 3.00 bits per heavy atom. The third kappa shape index (κ3) is 3.00. The highest BCUT2D eigenvalue weighted by atomic mass is 35.5. The quantitative estimate of drug-likeness (QED) is 0.845. The Hall–Kier alpha value is -1.59. The van der Waals surface area contributed by atoms with Gasteiger partial charge in [-0.25, -0.2) is 0 Å². The molecule has 0 saturated heterocycles. The molecule has 96 valence electrons. The number of ether oxygens (including phenoxy) is 1. The predicted octanol–water partition coefficient (Wildman–Crippen LogP) is 2.67. The fourth-order valence-corrected chi connectivity index (χ4v) is 1.60. The van der Waals surface area contributed by atoms with Gasteiger partial charge in [-0.05, 0) is 25.1 Å². The predicted molar refractivity (Wildman–Crippen MR) is 66.6 cm³/mol. The van der Waals surface area contributed by atoms with Crippen LogP contribution in [-0.4, -0.2) is 28.5 Å². The fourth-order valence-electron chi connectivity index (χ4n) is 1.42. The number of halogens is 1. The number of phenolic OH excluding ortho intramolecular Hbond substituents is 1. The van der Waals surface area contributed by atoms with Crippen molar-refractivity contribution in [2.75, 3.05) is 13.2 Å². The summed E-state index contributed by atoms with van der Waals surface area (Å²) in [6, 6.07) is 4.74. The first-order chi connectivity index (χ1) is 8.70. The lowest BCUT2D eigenvalue weighted by atomic mass is 10.2. The van der Waals surface area contributed by atoms with Crippen molar-refractivity contribution in [2.45, 2.75) is 13.3 Å². The Kier molecular flexibility index (Phi) is 4.17. The standard InChI is InChI=1S/C12H13ClN2O3/c1-2-17-6-5-11-14-12(18-15-11)8-3-4-10(16)9(13)7-8/h3-4,7,16H,2,5-6H2,1H3. The Morgan fingerprint density at radius 1 is 1.44 bits per heavy atom. The molecule has 2 rings (SSSR count). The summed E-state index contributed by atoms with van der Waals surface area (Å²) in [6.07, 6.45) is 0.600. The van der Waals surface area contributed by atoms with E-state index in [0.29, 0.717) is 36.9 Å². The van der Waals surface area contributed by atoms with Crippen LogP contribution >= 0.6 is 11.6 Å². The van der Waals surface area contributed by atoms with Gasteiger partial charge in [0.05, 0.1) is 11.6 Å². The fraction of sp³-hybridized carbons (Fsp3) is 0.333. The van der Waals surface area contributed by atoms with Gasteiger partial charge in [0.2, 0.25) is 0 Å². The number of hydrogen-bond acceptors (Lipinski definition) is 5. The highest BCUT2D eigenvalue weighted by Gasteiger charge is 2.10. The molecule has 2 aromatic rings. The van der Waals surface area contributed by atoms with Gasteiger partial charge in [-0.1, -0.05) is 16.8 Å². The van der Waals surface area contributed by atoms with E-state index in [0.717, 1.165) is 0 Å². The second-order valence-corrected chi connectivity index (χ2v) is 4.04. The molecule has 0 aliphatic rings. The van der Waals surface area contributed by atoms with Gasteiger partial charge in [-0.2, -0.15) is 4.98 Å². The Balaban J connectivity index is 2.11. The van der Waals surface area contributed by atoms with Gasteiger partial charge in [0, 0.05) is 18.6 Å². The summed E-state index contributed by atoms with van der Waals surface area (Å²) < 4.78 is 10.3. The summed E-state index contributed by atoms with van der Waals surface area (Å²) in [7, 11) is 0. The average molecular weight is 269 g/mol. The van der Waals surface area contributed by atoms with Gasteiger partial charge in [0.15, 0.2) is 5.82 Å². The molecule has 0 unspecified atom stereocenters. The van der Waals surface area contributed by atoms with E-state index in [1.807, 2.05) is 6.92 Å². The molecule has 0 saturated carbocycles. The molecule has 0 atom stereocenters. The van der Waals surface area contributed by atoms with Crippen LogP contribution in [0.25, 0.3) is 11.5 Å². The topological polar surface area (TPSA) is 68.4 Å². The minimum absolute atomic E-state index is 0.0245. The smallest absolute Gasteiger partial charge is 0.257 e. The lowest BCUT2D eigenvalue weighted by molar-refractivity contribution is 0.149. The summed E-state index contributed by atoms with van der Waals surface area (Å²) in [6.45, 7) is 3.16. The van der Waals surface area contributed by atoms with Crippen LogP contribution in [0.15, 0.2) is 22.7 Å². The highest BCUT2D eigenvalue weighted by molar-refractivity contribution is 6.32. The zero-order valence-electron chi connectivity index (χ0n) is 9.89. The third-order valence-electron chi connectivity index (χ3n) is 2.34. The summed E-state index contributed by atoms with van der Waals surface area (Å²) >= 11 is 5.81. The molecular weight excluding hydrogens is 256 g/mol. The van der Waals surface area contributed by atoms with Crippen molar-refractivity contribution in [1.82, 2.24) is 10.1 Å². The zero-order chi connectivity index (χ0) is 13.0. The van der Waals surface area contributed by atoms with Crippen LogP contribution in [0.1, 0.15) is 12.7 Å². The summed E-state index contributed by atoms with van der Waals surface area (Å²) in [4.78, 5) is 4.23. The Morgan fingerprint density at radius 2 is 2.28 bits per heavy atom. The van der Waals surface area contributed by atoms with Crippen molar-refractivity contribution < 1.29 is 14.4 Å². The molecule has 18 heavy (non-hydrogen) atoms. The molecule has 5 nitrogen and oxygen atoms in total. The van der Waals surface area contributed by atoms with Gasteiger partial charge >= 0.3 is 0 Å². The van der Waals surface area contributed by atoms with Gasteiger partial charge in [-0.3, -0.25) is 0 Å². The van der Waals surface area contributed by atoms with Crippen molar-refractivity contribution in [1.29, 1.82) is 0 Å².